The third kappa shape index (κ3) is 6.78. The Balaban J connectivity index is 2.36. The van der Waals surface area contributed by atoms with E-state index in [2.05, 4.69) is 5.16 Å². The van der Waals surface area contributed by atoms with Crippen LogP contribution in [0.15, 0.2) is 5.16 Å². The van der Waals surface area contributed by atoms with Crippen LogP contribution in [-0.4, -0.2) is 52.3 Å². The fourth-order valence-electron chi connectivity index (χ4n) is 1.85. The van der Waals surface area contributed by atoms with Crippen LogP contribution in [0.1, 0.15) is 39.0 Å². The molecule has 126 valence electrons. The first-order chi connectivity index (χ1) is 10.4. The molecule has 0 spiro atoms. The monoisotopic (exact) mass is 349 g/mol. The Labute approximate surface area is 140 Å². The molecule has 1 aliphatic rings. The predicted octanol–water partition coefficient (Wildman–Crippen LogP) is 3.72. The van der Waals surface area contributed by atoms with E-state index in [-0.39, 0.29) is 6.10 Å². The molecule has 9 heteroatoms. The van der Waals surface area contributed by atoms with Crippen molar-refractivity contribution >= 4 is 41.1 Å². The van der Waals surface area contributed by atoms with E-state index in [0.29, 0.717) is 5.04 Å². The van der Waals surface area contributed by atoms with E-state index >= 15 is 0 Å². The first kappa shape index (κ1) is 19.0. The van der Waals surface area contributed by atoms with Crippen molar-refractivity contribution in [3.05, 3.63) is 0 Å². The Morgan fingerprint density at radius 3 is 2.27 bits per heavy atom. The molecule has 0 unspecified atom stereocenters. The van der Waals surface area contributed by atoms with Crippen molar-refractivity contribution in [1.82, 2.24) is 8.61 Å². The molecule has 0 bridgehead atoms. The molecule has 0 radical (unpaired) electrons. The van der Waals surface area contributed by atoms with Crippen molar-refractivity contribution in [1.29, 1.82) is 0 Å². The number of carbonyl (C=O) groups is 2. The average Bonchev–Trinajstić information content (AvgIpc) is 2.52. The Morgan fingerprint density at radius 1 is 1.09 bits per heavy atom. The van der Waals surface area contributed by atoms with E-state index in [1.807, 2.05) is 6.26 Å². The second kappa shape index (κ2) is 9.83. The standard InChI is InChI=1S/C13H23N3O4S2/c1-10(21-4)14-20-13(18)16(3)22-15(2)12(17)19-11-8-6-5-7-9-11/h11H,5-9H2,1-4H3/b14-10+. The average molecular weight is 349 g/mol. The van der Waals surface area contributed by atoms with Crippen molar-refractivity contribution in [2.24, 2.45) is 5.16 Å². The van der Waals surface area contributed by atoms with Crippen LogP contribution in [0.5, 0.6) is 0 Å². The van der Waals surface area contributed by atoms with Gasteiger partial charge in [0.25, 0.3) is 0 Å². The molecule has 0 aromatic carbocycles. The van der Waals surface area contributed by atoms with Crippen LogP contribution in [0, 0.1) is 0 Å². The van der Waals surface area contributed by atoms with Gasteiger partial charge in [-0.15, -0.1) is 11.8 Å². The van der Waals surface area contributed by atoms with Crippen LogP contribution in [-0.2, 0) is 9.57 Å². The molecule has 1 fully saturated rings. The molecule has 0 aromatic rings. The molecular formula is C13H23N3O4S2. The molecule has 0 saturated heterocycles. The molecule has 0 atom stereocenters. The highest BCUT2D eigenvalue weighted by molar-refractivity contribution is 8.13. The summed E-state index contributed by atoms with van der Waals surface area (Å²) < 4.78 is 7.85. The third-order valence-electron chi connectivity index (χ3n) is 3.13. The molecule has 0 heterocycles. The Hall–Kier alpha value is -1.09. The second-order valence-corrected chi connectivity index (χ2v) is 7.15. The fraction of sp³-hybridized carbons (Fsp3) is 0.769. The smallest absolute Gasteiger partial charge is 0.445 e. The number of carbonyl (C=O) groups excluding carboxylic acids is 2. The number of hydrogen-bond donors (Lipinski definition) is 0. The number of thioether (sulfide) groups is 1. The first-order valence-electron chi connectivity index (χ1n) is 7.09. The summed E-state index contributed by atoms with van der Waals surface area (Å²) in [5.41, 5.74) is 0. The van der Waals surface area contributed by atoms with Gasteiger partial charge in [0, 0.05) is 14.1 Å². The molecule has 22 heavy (non-hydrogen) atoms. The predicted molar refractivity (Wildman–Crippen MR) is 89.6 cm³/mol. The van der Waals surface area contributed by atoms with E-state index in [0.717, 1.165) is 37.8 Å². The number of nitrogens with zero attached hydrogens (tertiary/aromatic N) is 3. The highest BCUT2D eigenvalue weighted by Crippen LogP contribution is 2.22. The Bertz CT molecular complexity index is 414. The lowest BCUT2D eigenvalue weighted by molar-refractivity contribution is 0.0651. The number of rotatable bonds is 4. The summed E-state index contributed by atoms with van der Waals surface area (Å²) in [6, 6.07) is 0. The zero-order valence-corrected chi connectivity index (χ0v) is 15.0. The van der Waals surface area contributed by atoms with Crippen molar-refractivity contribution in [2.45, 2.75) is 45.1 Å². The van der Waals surface area contributed by atoms with Crippen LogP contribution in [0.25, 0.3) is 0 Å². The molecule has 2 amide bonds. The lowest BCUT2D eigenvalue weighted by Gasteiger charge is -2.25. The van der Waals surface area contributed by atoms with E-state index in [4.69, 9.17) is 9.57 Å². The highest BCUT2D eigenvalue weighted by Gasteiger charge is 2.23. The maximum atomic E-state index is 12.0. The molecule has 0 aliphatic heterocycles. The summed E-state index contributed by atoms with van der Waals surface area (Å²) in [6.07, 6.45) is 5.90. The third-order valence-corrected chi connectivity index (χ3v) is 4.58. The lowest BCUT2D eigenvalue weighted by atomic mass is 9.98. The van der Waals surface area contributed by atoms with Gasteiger partial charge in [0.05, 0.1) is 12.1 Å². The second-order valence-electron chi connectivity index (χ2n) is 4.89. The van der Waals surface area contributed by atoms with Gasteiger partial charge in [-0.25, -0.2) is 18.2 Å². The quantitative estimate of drug-likeness (QED) is 0.253. The molecule has 1 saturated carbocycles. The summed E-state index contributed by atoms with van der Waals surface area (Å²) in [4.78, 5) is 28.4. The molecular weight excluding hydrogens is 326 g/mol. The van der Waals surface area contributed by atoms with Crippen molar-refractivity contribution < 1.29 is 19.2 Å². The van der Waals surface area contributed by atoms with Crippen LogP contribution >= 0.6 is 23.9 Å². The lowest BCUT2D eigenvalue weighted by Crippen LogP contribution is -2.32. The van der Waals surface area contributed by atoms with Crippen LogP contribution in [0.3, 0.4) is 0 Å². The van der Waals surface area contributed by atoms with Crippen molar-refractivity contribution in [3.63, 3.8) is 0 Å². The molecule has 0 N–H and O–H groups in total. The van der Waals surface area contributed by atoms with Gasteiger partial charge < -0.3 is 4.74 Å². The maximum absolute atomic E-state index is 12.0. The zero-order valence-electron chi connectivity index (χ0n) is 13.4. The summed E-state index contributed by atoms with van der Waals surface area (Å²) in [7, 11) is 3.05. The highest BCUT2D eigenvalue weighted by atomic mass is 32.2. The van der Waals surface area contributed by atoms with Crippen LogP contribution in [0.4, 0.5) is 9.59 Å². The molecule has 1 rings (SSSR count). The number of oxime groups is 1. The Morgan fingerprint density at radius 2 is 1.68 bits per heavy atom. The molecule has 1 aliphatic carbocycles. The number of hydrogen-bond acceptors (Lipinski definition) is 7. The van der Waals surface area contributed by atoms with Gasteiger partial charge in [0.1, 0.15) is 11.1 Å². The van der Waals surface area contributed by atoms with Gasteiger partial charge in [0.2, 0.25) is 0 Å². The SMILES string of the molecule is CS/C(C)=N/OC(=O)N(C)SN(C)C(=O)OC1CCCCC1. The largest absolute Gasteiger partial charge is 0.447 e. The van der Waals surface area contributed by atoms with Gasteiger partial charge in [-0.2, -0.15) is 0 Å². The summed E-state index contributed by atoms with van der Waals surface area (Å²) in [5, 5.41) is 4.29. The summed E-state index contributed by atoms with van der Waals surface area (Å²) >= 11 is 2.28. The Kier molecular flexibility index (Phi) is 8.47. The summed E-state index contributed by atoms with van der Waals surface area (Å²) in [6.45, 7) is 1.73. The van der Waals surface area contributed by atoms with Crippen molar-refractivity contribution in [3.8, 4) is 0 Å². The fourth-order valence-corrected chi connectivity index (χ4v) is 2.54. The van der Waals surface area contributed by atoms with Crippen molar-refractivity contribution in [2.75, 3.05) is 20.4 Å². The van der Waals surface area contributed by atoms with Crippen LogP contribution in [0.2, 0.25) is 0 Å². The normalized spacial score (nSPS) is 16.1. The minimum absolute atomic E-state index is 0.0182. The number of ether oxygens (including phenoxy) is 1. The van der Waals surface area contributed by atoms with Crippen LogP contribution < -0.4 is 0 Å². The topological polar surface area (TPSA) is 71.4 Å². The minimum atomic E-state index is -0.657. The molecule has 7 nitrogen and oxygen atoms in total. The first-order valence-corrected chi connectivity index (χ1v) is 9.05. The minimum Gasteiger partial charge on any atom is -0.445 e. The van der Waals surface area contributed by atoms with E-state index in [9.17, 15) is 9.59 Å². The van der Waals surface area contributed by atoms with Gasteiger partial charge in [-0.3, -0.25) is 4.84 Å². The van der Waals surface area contributed by atoms with E-state index in [1.165, 1.54) is 33.8 Å². The van der Waals surface area contributed by atoms with Gasteiger partial charge >= 0.3 is 12.2 Å². The number of amides is 2. The molecule has 0 aromatic heterocycles. The van der Waals surface area contributed by atoms with Gasteiger partial charge in [-0.05, 0) is 38.9 Å². The van der Waals surface area contributed by atoms with Gasteiger partial charge in [-0.1, -0.05) is 11.6 Å². The maximum Gasteiger partial charge on any atom is 0.447 e. The van der Waals surface area contributed by atoms with E-state index < -0.39 is 12.2 Å². The van der Waals surface area contributed by atoms with Gasteiger partial charge in [0.15, 0.2) is 0 Å². The zero-order chi connectivity index (χ0) is 16.5. The van der Waals surface area contributed by atoms with E-state index in [1.54, 1.807) is 14.0 Å². The summed E-state index contributed by atoms with van der Waals surface area (Å²) in [5.74, 6) is 0.